The van der Waals surface area contributed by atoms with Crippen LogP contribution in [0.4, 0.5) is 5.95 Å². The molecule has 0 aliphatic rings. The molecule has 90 valence electrons. The Balaban J connectivity index is 2.42. The molecule has 2 heterocycles. The second-order valence-electron chi connectivity index (χ2n) is 2.92. The molecule has 0 radical (unpaired) electrons. The molecule has 3 N–H and O–H groups in total. The maximum atomic E-state index is 5.27. The monoisotopic (exact) mass is 299 g/mol. The standard InChI is InChI=1S/C8H10BrN7O/c1-2-17-8-13-6(15-10)12-7(14-8)16-4-5(9)3-11-16/h3-4H,2,10H2,1H3,(H,12,13,14,15). The Bertz CT molecular complexity index is 514. The molecule has 0 aliphatic carbocycles. The van der Waals surface area contributed by atoms with Gasteiger partial charge in [-0.05, 0) is 22.9 Å². The van der Waals surface area contributed by atoms with Crippen LogP contribution in [0.1, 0.15) is 6.92 Å². The number of rotatable bonds is 4. The van der Waals surface area contributed by atoms with E-state index in [9.17, 15) is 0 Å². The maximum absolute atomic E-state index is 5.27. The summed E-state index contributed by atoms with van der Waals surface area (Å²) in [5.74, 6) is 5.80. The van der Waals surface area contributed by atoms with Gasteiger partial charge in [-0.2, -0.15) is 20.1 Å². The highest BCUT2D eigenvalue weighted by molar-refractivity contribution is 9.10. The maximum Gasteiger partial charge on any atom is 0.323 e. The first kappa shape index (κ1) is 11.7. The quantitative estimate of drug-likeness (QED) is 0.626. The van der Waals surface area contributed by atoms with Gasteiger partial charge in [0.05, 0.1) is 17.3 Å². The number of nitrogens with one attached hydrogen (secondary N) is 1. The van der Waals surface area contributed by atoms with E-state index in [1.807, 2.05) is 6.92 Å². The Morgan fingerprint density at radius 1 is 1.47 bits per heavy atom. The first-order valence-corrected chi connectivity index (χ1v) is 5.58. The minimum Gasteiger partial charge on any atom is -0.464 e. The predicted molar refractivity (Wildman–Crippen MR) is 63.6 cm³/mol. The van der Waals surface area contributed by atoms with E-state index in [1.165, 1.54) is 4.68 Å². The zero-order valence-electron chi connectivity index (χ0n) is 8.96. The molecule has 0 saturated heterocycles. The first-order valence-electron chi connectivity index (χ1n) is 4.79. The first-order chi connectivity index (χ1) is 8.22. The largest absolute Gasteiger partial charge is 0.464 e. The number of halogens is 1. The third kappa shape index (κ3) is 2.68. The summed E-state index contributed by atoms with van der Waals surface area (Å²) in [7, 11) is 0. The van der Waals surface area contributed by atoms with E-state index in [0.717, 1.165) is 4.47 Å². The van der Waals surface area contributed by atoms with E-state index in [2.05, 4.69) is 41.4 Å². The van der Waals surface area contributed by atoms with Gasteiger partial charge in [-0.3, -0.25) is 5.43 Å². The molecule has 9 heteroatoms. The zero-order chi connectivity index (χ0) is 12.3. The number of nitrogen functional groups attached to an aromatic ring is 1. The van der Waals surface area contributed by atoms with E-state index >= 15 is 0 Å². The Hall–Kier alpha value is -1.74. The minimum atomic E-state index is 0.192. The summed E-state index contributed by atoms with van der Waals surface area (Å²) in [5.41, 5.74) is 2.35. The van der Waals surface area contributed by atoms with E-state index in [-0.39, 0.29) is 12.0 Å². The molecule has 2 aromatic rings. The molecule has 0 aromatic carbocycles. The van der Waals surface area contributed by atoms with Crippen molar-refractivity contribution in [1.29, 1.82) is 0 Å². The van der Waals surface area contributed by atoms with Crippen LogP contribution in [0.2, 0.25) is 0 Å². The van der Waals surface area contributed by atoms with Crippen molar-refractivity contribution in [2.45, 2.75) is 6.92 Å². The number of hydrogen-bond donors (Lipinski definition) is 2. The lowest BCUT2D eigenvalue weighted by molar-refractivity contribution is 0.311. The summed E-state index contributed by atoms with van der Waals surface area (Å²) in [5, 5.41) is 4.06. The fraction of sp³-hybridized carbons (Fsp3) is 0.250. The molecule has 2 aromatic heterocycles. The number of hydrogen-bond acceptors (Lipinski definition) is 7. The molecule has 8 nitrogen and oxygen atoms in total. The van der Waals surface area contributed by atoms with Gasteiger partial charge in [0.25, 0.3) is 5.95 Å². The Labute approximate surface area is 105 Å². The molecule has 2 rings (SSSR count). The van der Waals surface area contributed by atoms with Gasteiger partial charge in [0.1, 0.15) is 0 Å². The number of ether oxygens (including phenoxy) is 1. The Morgan fingerprint density at radius 3 is 2.88 bits per heavy atom. The average Bonchev–Trinajstić information content (AvgIpc) is 2.76. The minimum absolute atomic E-state index is 0.192. The normalized spacial score (nSPS) is 10.3. The summed E-state index contributed by atoms with van der Waals surface area (Å²) in [6.07, 6.45) is 3.34. The van der Waals surface area contributed by atoms with Crippen LogP contribution in [0, 0.1) is 0 Å². The van der Waals surface area contributed by atoms with Crippen molar-refractivity contribution in [3.63, 3.8) is 0 Å². The van der Waals surface area contributed by atoms with Crippen LogP contribution >= 0.6 is 15.9 Å². The number of hydrazine groups is 1. The summed E-state index contributed by atoms with van der Waals surface area (Å²) >= 11 is 3.29. The van der Waals surface area contributed by atoms with Gasteiger partial charge in [-0.15, -0.1) is 0 Å². The van der Waals surface area contributed by atoms with Gasteiger partial charge in [-0.1, -0.05) is 0 Å². The SMILES string of the molecule is CCOc1nc(NN)nc(-n2cc(Br)cn2)n1. The van der Waals surface area contributed by atoms with Crippen molar-refractivity contribution in [2.75, 3.05) is 12.0 Å². The fourth-order valence-electron chi connectivity index (χ4n) is 1.12. The molecule has 0 atom stereocenters. The topological polar surface area (TPSA) is 104 Å². The zero-order valence-corrected chi connectivity index (χ0v) is 10.5. The van der Waals surface area contributed by atoms with Crippen molar-refractivity contribution >= 4 is 21.9 Å². The smallest absolute Gasteiger partial charge is 0.323 e. The molecule has 17 heavy (non-hydrogen) atoms. The molecule has 0 spiro atoms. The third-order valence-corrected chi connectivity index (χ3v) is 2.17. The molecular weight excluding hydrogens is 290 g/mol. The number of nitrogens with two attached hydrogens (primary N) is 1. The van der Waals surface area contributed by atoms with Crippen molar-refractivity contribution in [1.82, 2.24) is 24.7 Å². The number of aromatic nitrogens is 5. The van der Waals surface area contributed by atoms with Crippen LogP contribution < -0.4 is 16.0 Å². The second kappa shape index (κ2) is 5.06. The van der Waals surface area contributed by atoms with Gasteiger partial charge in [0, 0.05) is 6.20 Å². The highest BCUT2D eigenvalue weighted by Gasteiger charge is 2.09. The molecule has 0 saturated carbocycles. The third-order valence-electron chi connectivity index (χ3n) is 1.76. The van der Waals surface area contributed by atoms with E-state index in [1.54, 1.807) is 12.4 Å². The Kier molecular flexibility index (Phi) is 3.49. The lowest BCUT2D eigenvalue weighted by Crippen LogP contribution is -2.14. The molecule has 0 bridgehead atoms. The lowest BCUT2D eigenvalue weighted by Gasteiger charge is -2.05. The van der Waals surface area contributed by atoms with Crippen molar-refractivity contribution in [2.24, 2.45) is 5.84 Å². The second-order valence-corrected chi connectivity index (χ2v) is 3.84. The van der Waals surface area contributed by atoms with Crippen LogP contribution in [0.5, 0.6) is 6.01 Å². The predicted octanol–water partition coefficient (Wildman–Crippen LogP) is 0.504. The highest BCUT2D eigenvalue weighted by atomic mass is 79.9. The molecule has 0 unspecified atom stereocenters. The molecular formula is C8H10BrN7O. The van der Waals surface area contributed by atoms with Crippen LogP contribution in [-0.2, 0) is 0 Å². The summed E-state index contributed by atoms with van der Waals surface area (Å²) in [4.78, 5) is 12.1. The lowest BCUT2D eigenvalue weighted by atomic mass is 10.7. The Morgan fingerprint density at radius 2 is 2.29 bits per heavy atom. The van der Waals surface area contributed by atoms with Crippen LogP contribution in [-0.4, -0.2) is 31.3 Å². The van der Waals surface area contributed by atoms with E-state index < -0.39 is 0 Å². The molecule has 0 amide bonds. The van der Waals surface area contributed by atoms with Crippen LogP contribution in [0.3, 0.4) is 0 Å². The highest BCUT2D eigenvalue weighted by Crippen LogP contribution is 2.13. The van der Waals surface area contributed by atoms with Crippen LogP contribution in [0.25, 0.3) is 5.95 Å². The summed E-state index contributed by atoms with van der Waals surface area (Å²) in [6, 6.07) is 0.192. The van der Waals surface area contributed by atoms with Crippen molar-refractivity contribution in [3.05, 3.63) is 16.9 Å². The van der Waals surface area contributed by atoms with Crippen LogP contribution in [0.15, 0.2) is 16.9 Å². The molecule has 0 aliphatic heterocycles. The van der Waals surface area contributed by atoms with E-state index in [4.69, 9.17) is 10.6 Å². The average molecular weight is 300 g/mol. The van der Waals surface area contributed by atoms with Crippen molar-refractivity contribution < 1.29 is 4.74 Å². The van der Waals surface area contributed by atoms with Gasteiger partial charge >= 0.3 is 6.01 Å². The van der Waals surface area contributed by atoms with Crippen molar-refractivity contribution in [3.8, 4) is 12.0 Å². The number of anilines is 1. The van der Waals surface area contributed by atoms with Gasteiger partial charge in [0.15, 0.2) is 0 Å². The van der Waals surface area contributed by atoms with Gasteiger partial charge < -0.3 is 4.74 Å². The van der Waals surface area contributed by atoms with Gasteiger partial charge in [-0.25, -0.2) is 10.5 Å². The summed E-state index contributed by atoms with van der Waals surface area (Å²) in [6.45, 7) is 2.29. The van der Waals surface area contributed by atoms with Gasteiger partial charge in [0.2, 0.25) is 5.95 Å². The summed E-state index contributed by atoms with van der Waals surface area (Å²) < 4.78 is 7.51. The molecule has 0 fully saturated rings. The number of nitrogens with zero attached hydrogens (tertiary/aromatic N) is 5. The fourth-order valence-corrected chi connectivity index (χ4v) is 1.40. The van der Waals surface area contributed by atoms with E-state index in [0.29, 0.717) is 12.6 Å².